The maximum atomic E-state index is 14.1. The van der Waals surface area contributed by atoms with Crippen LogP contribution in [0.5, 0.6) is 0 Å². The minimum absolute atomic E-state index is 0.133. The first-order valence-electron chi connectivity index (χ1n) is 9.36. The van der Waals surface area contributed by atoms with Gasteiger partial charge in [-0.15, -0.1) is 0 Å². The standard InChI is InChI=1S/C21H19F2N3O5S/c1-13-17(9-11-31-13)21(28)26-19-12-15(4-7-18(19)23)25-20(27)8-10-24-32(29,30)16-5-2-14(22)3-6-16/h2-7,9,11-12,24H,8,10H2,1H3,(H,25,27)(H,26,28). The summed E-state index contributed by atoms with van der Waals surface area (Å²) < 4.78 is 58.6. The first kappa shape index (κ1) is 23.1. The number of furan rings is 1. The number of hydrogen-bond acceptors (Lipinski definition) is 5. The zero-order valence-electron chi connectivity index (χ0n) is 16.8. The van der Waals surface area contributed by atoms with Crippen LogP contribution in [-0.2, 0) is 14.8 Å². The van der Waals surface area contributed by atoms with Gasteiger partial charge in [0, 0.05) is 18.7 Å². The van der Waals surface area contributed by atoms with Crippen LogP contribution < -0.4 is 15.4 Å². The summed E-state index contributed by atoms with van der Waals surface area (Å²) in [6, 6.07) is 9.30. The van der Waals surface area contributed by atoms with E-state index in [1.165, 1.54) is 24.5 Å². The van der Waals surface area contributed by atoms with Crippen LogP contribution in [0.2, 0.25) is 0 Å². The Kier molecular flexibility index (Phi) is 7.01. The lowest BCUT2D eigenvalue weighted by atomic mass is 10.2. The Labute approximate surface area is 182 Å². The molecule has 32 heavy (non-hydrogen) atoms. The number of rotatable bonds is 8. The van der Waals surface area contributed by atoms with Crippen molar-refractivity contribution in [2.45, 2.75) is 18.2 Å². The lowest BCUT2D eigenvalue weighted by Gasteiger charge is -2.10. The molecule has 2 amide bonds. The van der Waals surface area contributed by atoms with Crippen molar-refractivity contribution in [3.8, 4) is 0 Å². The van der Waals surface area contributed by atoms with Gasteiger partial charge in [0.1, 0.15) is 17.4 Å². The minimum atomic E-state index is -3.90. The molecule has 0 aliphatic carbocycles. The zero-order chi connectivity index (χ0) is 23.3. The molecular formula is C21H19F2N3O5S. The zero-order valence-corrected chi connectivity index (χ0v) is 17.6. The van der Waals surface area contributed by atoms with Crippen LogP contribution in [-0.4, -0.2) is 26.8 Å². The summed E-state index contributed by atoms with van der Waals surface area (Å²) in [5.74, 6) is -2.02. The largest absolute Gasteiger partial charge is 0.469 e. The molecule has 0 spiro atoms. The summed E-state index contributed by atoms with van der Waals surface area (Å²) in [6.07, 6.45) is 1.12. The molecule has 0 atom stereocenters. The first-order chi connectivity index (χ1) is 15.2. The Bertz CT molecular complexity index is 1240. The average Bonchev–Trinajstić information content (AvgIpc) is 3.16. The van der Waals surface area contributed by atoms with Crippen LogP contribution in [0, 0.1) is 18.6 Å². The van der Waals surface area contributed by atoms with E-state index in [1.54, 1.807) is 6.92 Å². The monoisotopic (exact) mass is 463 g/mol. The Hall–Kier alpha value is -3.57. The molecule has 0 fully saturated rings. The van der Waals surface area contributed by atoms with E-state index in [0.717, 1.165) is 30.3 Å². The molecule has 3 rings (SSSR count). The number of carbonyl (C=O) groups excluding carboxylic acids is 2. The normalized spacial score (nSPS) is 11.2. The molecule has 0 saturated heterocycles. The fraction of sp³-hybridized carbons (Fsp3) is 0.143. The molecule has 0 radical (unpaired) electrons. The molecule has 0 aliphatic rings. The van der Waals surface area contributed by atoms with Crippen LogP contribution in [0.25, 0.3) is 0 Å². The van der Waals surface area contributed by atoms with Gasteiger partial charge in [-0.05, 0) is 55.5 Å². The highest BCUT2D eigenvalue weighted by Gasteiger charge is 2.16. The molecule has 0 aliphatic heterocycles. The van der Waals surface area contributed by atoms with Crippen molar-refractivity contribution in [1.29, 1.82) is 0 Å². The van der Waals surface area contributed by atoms with Gasteiger partial charge in [0.15, 0.2) is 0 Å². The van der Waals surface area contributed by atoms with Crippen molar-refractivity contribution < 1.29 is 31.2 Å². The van der Waals surface area contributed by atoms with Crippen LogP contribution in [0.3, 0.4) is 0 Å². The molecule has 3 N–H and O–H groups in total. The maximum absolute atomic E-state index is 14.1. The third-order valence-corrected chi connectivity index (χ3v) is 5.85. The lowest BCUT2D eigenvalue weighted by Crippen LogP contribution is -2.27. The third-order valence-electron chi connectivity index (χ3n) is 4.37. The average molecular weight is 463 g/mol. The summed E-state index contributed by atoms with van der Waals surface area (Å²) in [6.45, 7) is 1.38. The summed E-state index contributed by atoms with van der Waals surface area (Å²) >= 11 is 0. The van der Waals surface area contributed by atoms with Gasteiger partial charge in [0.2, 0.25) is 15.9 Å². The van der Waals surface area contributed by atoms with E-state index < -0.39 is 33.5 Å². The molecule has 11 heteroatoms. The van der Waals surface area contributed by atoms with Crippen molar-refractivity contribution in [3.05, 3.63) is 77.8 Å². The van der Waals surface area contributed by atoms with Gasteiger partial charge in [-0.25, -0.2) is 21.9 Å². The van der Waals surface area contributed by atoms with Gasteiger partial charge >= 0.3 is 0 Å². The Morgan fingerprint density at radius 1 is 1.00 bits per heavy atom. The second kappa shape index (κ2) is 9.71. The minimum Gasteiger partial charge on any atom is -0.469 e. The lowest BCUT2D eigenvalue weighted by molar-refractivity contribution is -0.116. The van der Waals surface area contributed by atoms with Crippen LogP contribution in [0.15, 0.2) is 64.1 Å². The molecule has 1 aromatic heterocycles. The van der Waals surface area contributed by atoms with E-state index >= 15 is 0 Å². The second-order valence-electron chi connectivity index (χ2n) is 6.69. The number of aryl methyl sites for hydroxylation is 1. The first-order valence-corrected chi connectivity index (χ1v) is 10.8. The van der Waals surface area contributed by atoms with E-state index in [0.29, 0.717) is 5.76 Å². The van der Waals surface area contributed by atoms with Gasteiger partial charge in [0.05, 0.1) is 22.4 Å². The van der Waals surface area contributed by atoms with Gasteiger partial charge in [-0.2, -0.15) is 0 Å². The van der Waals surface area contributed by atoms with Crippen molar-refractivity contribution >= 4 is 33.2 Å². The number of nitrogens with one attached hydrogen (secondary N) is 3. The quantitative estimate of drug-likeness (QED) is 0.473. The number of benzene rings is 2. The molecule has 3 aromatic rings. The van der Waals surface area contributed by atoms with Crippen molar-refractivity contribution in [1.82, 2.24) is 4.72 Å². The van der Waals surface area contributed by atoms with Gasteiger partial charge in [-0.3, -0.25) is 9.59 Å². The summed E-state index contributed by atoms with van der Waals surface area (Å²) in [5, 5.41) is 4.91. The highest BCUT2D eigenvalue weighted by Crippen LogP contribution is 2.21. The molecular weight excluding hydrogens is 444 g/mol. The predicted molar refractivity (Wildman–Crippen MR) is 113 cm³/mol. The van der Waals surface area contributed by atoms with Crippen LogP contribution in [0.1, 0.15) is 22.5 Å². The number of halogens is 2. The van der Waals surface area contributed by atoms with E-state index in [2.05, 4.69) is 15.4 Å². The van der Waals surface area contributed by atoms with Crippen LogP contribution >= 0.6 is 0 Å². The SMILES string of the molecule is Cc1occc1C(=O)Nc1cc(NC(=O)CCNS(=O)(=O)c2ccc(F)cc2)ccc1F. The topological polar surface area (TPSA) is 118 Å². The highest BCUT2D eigenvalue weighted by atomic mass is 32.2. The van der Waals surface area contributed by atoms with Gasteiger partial charge in [0.25, 0.3) is 5.91 Å². The molecule has 0 bridgehead atoms. The Balaban J connectivity index is 1.57. The smallest absolute Gasteiger partial charge is 0.259 e. The van der Waals surface area contributed by atoms with E-state index in [9.17, 15) is 26.8 Å². The van der Waals surface area contributed by atoms with Gasteiger partial charge in [-0.1, -0.05) is 0 Å². The summed E-state index contributed by atoms with van der Waals surface area (Å²) in [7, 11) is -3.90. The number of sulfonamides is 1. The summed E-state index contributed by atoms with van der Waals surface area (Å²) in [4.78, 5) is 24.2. The molecule has 0 unspecified atom stereocenters. The maximum Gasteiger partial charge on any atom is 0.259 e. The van der Waals surface area contributed by atoms with Gasteiger partial charge < -0.3 is 15.1 Å². The van der Waals surface area contributed by atoms with Crippen molar-refractivity contribution in [2.24, 2.45) is 0 Å². The number of amides is 2. The summed E-state index contributed by atoms with van der Waals surface area (Å²) in [5.41, 5.74) is 0.301. The van der Waals surface area contributed by atoms with E-state index in [4.69, 9.17) is 4.42 Å². The van der Waals surface area contributed by atoms with E-state index in [-0.39, 0.29) is 34.8 Å². The number of anilines is 2. The van der Waals surface area contributed by atoms with E-state index in [1.807, 2.05) is 0 Å². The molecule has 2 aromatic carbocycles. The molecule has 0 saturated carbocycles. The second-order valence-corrected chi connectivity index (χ2v) is 8.46. The highest BCUT2D eigenvalue weighted by molar-refractivity contribution is 7.89. The Morgan fingerprint density at radius 2 is 1.72 bits per heavy atom. The van der Waals surface area contributed by atoms with Crippen LogP contribution in [0.4, 0.5) is 20.2 Å². The van der Waals surface area contributed by atoms with Crippen molar-refractivity contribution in [3.63, 3.8) is 0 Å². The Morgan fingerprint density at radius 3 is 2.38 bits per heavy atom. The molecule has 1 heterocycles. The number of carbonyl (C=O) groups is 2. The van der Waals surface area contributed by atoms with Crippen molar-refractivity contribution in [2.75, 3.05) is 17.2 Å². The fourth-order valence-corrected chi connectivity index (χ4v) is 3.76. The molecule has 168 valence electrons. The molecule has 8 nitrogen and oxygen atoms in total. The predicted octanol–water partition coefficient (Wildman–Crippen LogP) is 3.43. The third kappa shape index (κ3) is 5.77. The number of hydrogen-bond donors (Lipinski definition) is 3. The fourth-order valence-electron chi connectivity index (χ4n) is 2.73.